The second-order valence-corrected chi connectivity index (χ2v) is 5.75. The number of aromatic nitrogens is 2. The van der Waals surface area contributed by atoms with E-state index in [-0.39, 0.29) is 0 Å². The Labute approximate surface area is 142 Å². The van der Waals surface area contributed by atoms with Gasteiger partial charge in [-0.25, -0.2) is 4.98 Å². The topological polar surface area (TPSA) is 88.3 Å². The van der Waals surface area contributed by atoms with Crippen molar-refractivity contribution in [3.05, 3.63) is 36.5 Å². The van der Waals surface area contributed by atoms with Crippen LogP contribution in [0.1, 0.15) is 6.42 Å². The van der Waals surface area contributed by atoms with Gasteiger partial charge in [-0.1, -0.05) is 6.07 Å². The van der Waals surface area contributed by atoms with Crippen molar-refractivity contribution in [2.45, 2.75) is 6.42 Å². The first-order valence-electron chi connectivity index (χ1n) is 8.29. The number of hydrogen-bond acceptors (Lipinski definition) is 7. The smallest absolute Gasteiger partial charge is 0.229 e. The minimum atomic E-state index is 0.554. The average Bonchev–Trinajstić information content (AvgIpc) is 2.60. The van der Waals surface area contributed by atoms with Gasteiger partial charge in [0, 0.05) is 37.2 Å². The van der Waals surface area contributed by atoms with Crippen LogP contribution in [0.3, 0.4) is 0 Å². The molecule has 2 heterocycles. The molecule has 1 aromatic heterocycles. The van der Waals surface area contributed by atoms with Gasteiger partial charge in [-0.15, -0.1) is 0 Å². The van der Waals surface area contributed by atoms with Crippen molar-refractivity contribution < 1.29 is 4.74 Å². The summed E-state index contributed by atoms with van der Waals surface area (Å²) < 4.78 is 5.36. The van der Waals surface area contributed by atoms with Crippen molar-refractivity contribution in [3.63, 3.8) is 0 Å². The molecule has 0 unspecified atom stereocenters. The summed E-state index contributed by atoms with van der Waals surface area (Å²) in [5.74, 6) is 1.37. The number of nitrogens with two attached hydrogens (primary N) is 1. The molecule has 1 aromatic carbocycles. The summed E-state index contributed by atoms with van der Waals surface area (Å²) in [5, 5.41) is 6.51. The van der Waals surface area contributed by atoms with Gasteiger partial charge in [-0.2, -0.15) is 4.98 Å². The average molecular weight is 328 g/mol. The number of anilines is 4. The van der Waals surface area contributed by atoms with Crippen LogP contribution in [0.5, 0.6) is 0 Å². The number of nitrogens with one attached hydrogen (secondary N) is 2. The molecule has 1 saturated heterocycles. The lowest BCUT2D eigenvalue weighted by atomic mass is 10.3. The molecular formula is C17H24N6O. The van der Waals surface area contributed by atoms with Crippen LogP contribution in [0.2, 0.25) is 0 Å². The van der Waals surface area contributed by atoms with Crippen molar-refractivity contribution in [2.75, 3.05) is 55.8 Å². The van der Waals surface area contributed by atoms with Crippen LogP contribution >= 0.6 is 0 Å². The lowest BCUT2D eigenvalue weighted by molar-refractivity contribution is 0.0378. The molecule has 0 amide bonds. The molecule has 1 aliphatic rings. The Morgan fingerprint density at radius 3 is 2.92 bits per heavy atom. The van der Waals surface area contributed by atoms with Crippen molar-refractivity contribution in [2.24, 2.45) is 0 Å². The molecule has 0 saturated carbocycles. The van der Waals surface area contributed by atoms with Crippen LogP contribution in [0, 0.1) is 0 Å². The molecule has 0 aliphatic carbocycles. The zero-order valence-corrected chi connectivity index (χ0v) is 13.7. The molecule has 0 radical (unpaired) electrons. The predicted molar refractivity (Wildman–Crippen MR) is 96.5 cm³/mol. The molecule has 1 aliphatic heterocycles. The molecule has 24 heavy (non-hydrogen) atoms. The summed E-state index contributed by atoms with van der Waals surface area (Å²) in [4.78, 5) is 11.1. The normalized spacial score (nSPS) is 15.2. The number of benzene rings is 1. The first kappa shape index (κ1) is 16.5. The number of nitrogen functional groups attached to an aromatic ring is 1. The highest BCUT2D eigenvalue weighted by Gasteiger charge is 2.09. The quantitative estimate of drug-likeness (QED) is 0.529. The summed E-state index contributed by atoms with van der Waals surface area (Å²) in [6.45, 7) is 5.71. The van der Waals surface area contributed by atoms with Crippen LogP contribution < -0.4 is 16.4 Å². The largest absolute Gasteiger partial charge is 0.399 e. The molecule has 0 atom stereocenters. The molecule has 2 aromatic rings. The maximum Gasteiger partial charge on any atom is 0.229 e. The highest BCUT2D eigenvalue weighted by atomic mass is 16.5. The van der Waals surface area contributed by atoms with E-state index < -0.39 is 0 Å². The fraction of sp³-hybridized carbons (Fsp3) is 0.412. The molecular weight excluding hydrogens is 304 g/mol. The van der Waals surface area contributed by atoms with Crippen LogP contribution in [-0.2, 0) is 4.74 Å². The van der Waals surface area contributed by atoms with E-state index in [1.165, 1.54) is 0 Å². The Bertz CT molecular complexity index is 644. The van der Waals surface area contributed by atoms with Gasteiger partial charge in [0.1, 0.15) is 5.82 Å². The van der Waals surface area contributed by atoms with Crippen molar-refractivity contribution in [1.82, 2.24) is 14.9 Å². The Hall–Kier alpha value is -2.38. The third-order valence-electron chi connectivity index (χ3n) is 3.86. The molecule has 4 N–H and O–H groups in total. The van der Waals surface area contributed by atoms with Crippen LogP contribution in [-0.4, -0.2) is 54.3 Å². The molecule has 0 bridgehead atoms. The van der Waals surface area contributed by atoms with Gasteiger partial charge >= 0.3 is 0 Å². The Kier molecular flexibility index (Phi) is 5.81. The van der Waals surface area contributed by atoms with Gasteiger partial charge in [-0.3, -0.25) is 4.90 Å². The highest BCUT2D eigenvalue weighted by molar-refractivity contribution is 5.60. The van der Waals surface area contributed by atoms with E-state index in [0.29, 0.717) is 11.6 Å². The number of hydrogen-bond donors (Lipinski definition) is 3. The van der Waals surface area contributed by atoms with Crippen molar-refractivity contribution in [1.29, 1.82) is 0 Å². The fourth-order valence-corrected chi connectivity index (χ4v) is 2.61. The van der Waals surface area contributed by atoms with E-state index in [0.717, 1.165) is 57.3 Å². The van der Waals surface area contributed by atoms with Crippen LogP contribution in [0.25, 0.3) is 0 Å². The predicted octanol–water partition coefficient (Wildman–Crippen LogP) is 1.94. The van der Waals surface area contributed by atoms with Gasteiger partial charge in [-0.05, 0) is 37.2 Å². The molecule has 1 fully saturated rings. The van der Waals surface area contributed by atoms with E-state index in [1.807, 2.05) is 30.3 Å². The van der Waals surface area contributed by atoms with Gasteiger partial charge in [0.2, 0.25) is 5.95 Å². The van der Waals surface area contributed by atoms with Crippen molar-refractivity contribution >= 4 is 23.1 Å². The zero-order valence-electron chi connectivity index (χ0n) is 13.7. The van der Waals surface area contributed by atoms with E-state index >= 15 is 0 Å². The first-order valence-corrected chi connectivity index (χ1v) is 8.29. The maximum absolute atomic E-state index is 5.78. The third-order valence-corrected chi connectivity index (χ3v) is 3.86. The number of rotatable bonds is 7. The minimum absolute atomic E-state index is 0.554. The number of ether oxygens (including phenoxy) is 1. The summed E-state index contributed by atoms with van der Waals surface area (Å²) in [7, 11) is 0. The fourth-order valence-electron chi connectivity index (χ4n) is 2.61. The second kappa shape index (κ2) is 8.47. The Morgan fingerprint density at radius 1 is 1.21 bits per heavy atom. The van der Waals surface area contributed by atoms with Gasteiger partial charge < -0.3 is 21.1 Å². The van der Waals surface area contributed by atoms with Gasteiger partial charge in [0.25, 0.3) is 0 Å². The lowest BCUT2D eigenvalue weighted by Gasteiger charge is -2.26. The van der Waals surface area contributed by atoms with Crippen LogP contribution in [0.4, 0.5) is 23.1 Å². The molecule has 3 rings (SSSR count). The van der Waals surface area contributed by atoms with E-state index in [9.17, 15) is 0 Å². The molecule has 0 spiro atoms. The monoisotopic (exact) mass is 328 g/mol. The first-order chi connectivity index (χ1) is 11.8. The van der Waals surface area contributed by atoms with Gasteiger partial charge in [0.05, 0.1) is 13.2 Å². The lowest BCUT2D eigenvalue weighted by Crippen LogP contribution is -2.37. The number of morpholine rings is 1. The standard InChI is InChI=1S/C17H24N6O/c18-14-3-1-4-15(13-14)21-17-20-7-5-16(22-17)19-6-2-8-23-9-11-24-12-10-23/h1,3-5,7,13H,2,6,8-12,18H2,(H2,19,20,21,22). The van der Waals surface area contributed by atoms with E-state index in [4.69, 9.17) is 10.5 Å². The van der Waals surface area contributed by atoms with Crippen LogP contribution in [0.15, 0.2) is 36.5 Å². The van der Waals surface area contributed by atoms with E-state index in [2.05, 4.69) is 25.5 Å². The Balaban J connectivity index is 1.46. The summed E-state index contributed by atoms with van der Waals surface area (Å²) in [6.07, 6.45) is 2.81. The maximum atomic E-state index is 5.78. The summed E-state index contributed by atoms with van der Waals surface area (Å²) >= 11 is 0. The minimum Gasteiger partial charge on any atom is -0.399 e. The SMILES string of the molecule is Nc1cccc(Nc2nccc(NCCCN3CCOCC3)n2)c1. The Morgan fingerprint density at radius 2 is 2.08 bits per heavy atom. The molecule has 7 heteroatoms. The molecule has 7 nitrogen and oxygen atoms in total. The van der Waals surface area contributed by atoms with Gasteiger partial charge in [0.15, 0.2) is 0 Å². The third kappa shape index (κ3) is 5.07. The zero-order chi connectivity index (χ0) is 16.6. The summed E-state index contributed by atoms with van der Waals surface area (Å²) in [6, 6.07) is 9.40. The van der Waals surface area contributed by atoms with Crippen molar-refractivity contribution in [3.8, 4) is 0 Å². The highest BCUT2D eigenvalue weighted by Crippen LogP contribution is 2.16. The molecule has 128 valence electrons. The second-order valence-electron chi connectivity index (χ2n) is 5.75. The van der Waals surface area contributed by atoms with E-state index in [1.54, 1.807) is 6.20 Å². The number of nitrogens with zero attached hydrogens (tertiary/aromatic N) is 3. The summed E-state index contributed by atoms with van der Waals surface area (Å²) in [5.41, 5.74) is 7.36.